The summed E-state index contributed by atoms with van der Waals surface area (Å²) in [5.74, 6) is 0.271. The van der Waals surface area contributed by atoms with Crippen molar-refractivity contribution in [1.29, 1.82) is 0 Å². The number of nitrogens with zero attached hydrogens (tertiary/aromatic N) is 4. The fraction of sp³-hybridized carbons (Fsp3) is 0.125. The second-order valence-electron chi connectivity index (χ2n) is 2.70. The fourth-order valence-corrected chi connectivity index (χ4v) is 1.01. The Kier molecular flexibility index (Phi) is 1.70. The van der Waals surface area contributed by atoms with Crippen molar-refractivity contribution >= 4 is 5.95 Å². The maximum Gasteiger partial charge on any atom is 0.220 e. The molecular formula is C8H9N5. The van der Waals surface area contributed by atoms with E-state index >= 15 is 0 Å². The Balaban J connectivity index is 2.41. The Morgan fingerprint density at radius 1 is 1.31 bits per heavy atom. The SMILES string of the molecule is Cc1ccn(-c2cnc(N)nc2)n1. The number of aryl methyl sites for hydroxylation is 1. The van der Waals surface area contributed by atoms with Crippen LogP contribution >= 0.6 is 0 Å². The number of hydrogen-bond donors (Lipinski definition) is 1. The summed E-state index contributed by atoms with van der Waals surface area (Å²) in [4.78, 5) is 7.74. The van der Waals surface area contributed by atoms with Gasteiger partial charge in [0, 0.05) is 6.20 Å². The molecule has 2 aromatic rings. The Morgan fingerprint density at radius 2 is 2.00 bits per heavy atom. The van der Waals surface area contributed by atoms with Gasteiger partial charge in [-0.2, -0.15) is 5.10 Å². The average Bonchev–Trinajstić information content (AvgIpc) is 2.53. The first-order valence-electron chi connectivity index (χ1n) is 3.86. The standard InChI is InChI=1S/C8H9N5/c1-6-2-3-13(12-6)7-4-10-8(9)11-5-7/h2-5H,1H3,(H2,9,10,11). The monoisotopic (exact) mass is 175 g/mol. The molecule has 0 radical (unpaired) electrons. The summed E-state index contributed by atoms with van der Waals surface area (Å²) in [6.45, 7) is 1.93. The van der Waals surface area contributed by atoms with Crippen LogP contribution in [0.5, 0.6) is 0 Å². The molecule has 2 N–H and O–H groups in total. The Bertz CT molecular complexity index is 403. The average molecular weight is 175 g/mol. The first kappa shape index (κ1) is 7.72. The second kappa shape index (κ2) is 2.85. The van der Waals surface area contributed by atoms with Crippen LogP contribution in [0.15, 0.2) is 24.7 Å². The number of nitrogen functional groups attached to an aromatic ring is 1. The third-order valence-electron chi connectivity index (χ3n) is 1.65. The number of hydrogen-bond acceptors (Lipinski definition) is 4. The lowest BCUT2D eigenvalue weighted by Crippen LogP contribution is -1.99. The summed E-state index contributed by atoms with van der Waals surface area (Å²) in [6.07, 6.45) is 5.12. The topological polar surface area (TPSA) is 69.6 Å². The molecule has 0 aliphatic heterocycles. The zero-order valence-electron chi connectivity index (χ0n) is 7.18. The third kappa shape index (κ3) is 1.48. The van der Waals surface area contributed by atoms with Gasteiger partial charge in [-0.25, -0.2) is 14.6 Å². The predicted molar refractivity (Wildman–Crippen MR) is 48.3 cm³/mol. The minimum Gasteiger partial charge on any atom is -0.368 e. The van der Waals surface area contributed by atoms with Crippen LogP contribution in [0.25, 0.3) is 5.69 Å². The van der Waals surface area contributed by atoms with Crippen LogP contribution < -0.4 is 5.73 Å². The molecule has 5 heteroatoms. The van der Waals surface area contributed by atoms with Gasteiger partial charge in [-0.15, -0.1) is 0 Å². The minimum absolute atomic E-state index is 0.271. The quantitative estimate of drug-likeness (QED) is 0.687. The zero-order valence-corrected chi connectivity index (χ0v) is 7.18. The molecule has 2 rings (SSSR count). The summed E-state index contributed by atoms with van der Waals surface area (Å²) in [7, 11) is 0. The van der Waals surface area contributed by atoms with Gasteiger partial charge in [0.05, 0.1) is 18.1 Å². The van der Waals surface area contributed by atoms with Crippen LogP contribution in [-0.4, -0.2) is 19.7 Å². The van der Waals surface area contributed by atoms with Crippen molar-refractivity contribution in [3.05, 3.63) is 30.4 Å². The van der Waals surface area contributed by atoms with Crippen molar-refractivity contribution in [3.63, 3.8) is 0 Å². The summed E-state index contributed by atoms with van der Waals surface area (Å²) in [5.41, 5.74) is 7.12. The lowest BCUT2D eigenvalue weighted by Gasteiger charge is -1.98. The lowest BCUT2D eigenvalue weighted by molar-refractivity contribution is 0.849. The van der Waals surface area contributed by atoms with E-state index in [0.29, 0.717) is 0 Å². The Morgan fingerprint density at radius 3 is 2.54 bits per heavy atom. The van der Waals surface area contributed by atoms with Crippen molar-refractivity contribution in [2.45, 2.75) is 6.92 Å². The van der Waals surface area contributed by atoms with Crippen LogP contribution in [0.3, 0.4) is 0 Å². The van der Waals surface area contributed by atoms with E-state index in [1.165, 1.54) is 0 Å². The second-order valence-corrected chi connectivity index (χ2v) is 2.70. The third-order valence-corrected chi connectivity index (χ3v) is 1.65. The van der Waals surface area contributed by atoms with Crippen molar-refractivity contribution in [3.8, 4) is 5.69 Å². The molecule has 0 saturated heterocycles. The molecule has 0 aliphatic carbocycles. The maximum absolute atomic E-state index is 5.36. The first-order chi connectivity index (χ1) is 6.25. The molecule has 0 unspecified atom stereocenters. The van der Waals surface area contributed by atoms with E-state index in [0.717, 1.165) is 11.4 Å². The molecule has 0 saturated carbocycles. The number of rotatable bonds is 1. The van der Waals surface area contributed by atoms with Gasteiger partial charge in [0.15, 0.2) is 0 Å². The van der Waals surface area contributed by atoms with Gasteiger partial charge in [0.1, 0.15) is 5.69 Å². The molecule has 2 aromatic heterocycles. The van der Waals surface area contributed by atoms with E-state index in [4.69, 9.17) is 5.73 Å². The molecule has 66 valence electrons. The summed E-state index contributed by atoms with van der Waals surface area (Å²) >= 11 is 0. The molecule has 0 atom stereocenters. The molecule has 0 aromatic carbocycles. The highest BCUT2D eigenvalue weighted by atomic mass is 15.3. The molecule has 0 amide bonds. The molecule has 0 bridgehead atoms. The largest absolute Gasteiger partial charge is 0.368 e. The smallest absolute Gasteiger partial charge is 0.220 e. The van der Waals surface area contributed by atoms with Gasteiger partial charge in [-0.05, 0) is 13.0 Å². The number of nitrogens with two attached hydrogens (primary N) is 1. The molecule has 2 heterocycles. The summed E-state index contributed by atoms with van der Waals surface area (Å²) < 4.78 is 1.70. The van der Waals surface area contributed by atoms with E-state index < -0.39 is 0 Å². The normalized spacial score (nSPS) is 10.2. The van der Waals surface area contributed by atoms with Crippen molar-refractivity contribution in [2.24, 2.45) is 0 Å². The number of aromatic nitrogens is 4. The molecular weight excluding hydrogens is 166 g/mol. The van der Waals surface area contributed by atoms with Crippen LogP contribution in [0, 0.1) is 6.92 Å². The van der Waals surface area contributed by atoms with Crippen LogP contribution in [0.4, 0.5) is 5.95 Å². The first-order valence-corrected chi connectivity index (χ1v) is 3.86. The van der Waals surface area contributed by atoms with Crippen molar-refractivity contribution < 1.29 is 0 Å². The molecule has 0 aliphatic rings. The Labute approximate surface area is 75.2 Å². The summed E-state index contributed by atoms with van der Waals surface area (Å²) in [5, 5.41) is 4.21. The van der Waals surface area contributed by atoms with E-state index in [9.17, 15) is 0 Å². The highest BCUT2D eigenvalue weighted by Gasteiger charge is 1.98. The number of anilines is 1. The highest BCUT2D eigenvalue weighted by molar-refractivity contribution is 5.28. The molecule has 0 spiro atoms. The van der Waals surface area contributed by atoms with Gasteiger partial charge in [-0.1, -0.05) is 0 Å². The minimum atomic E-state index is 0.271. The molecule has 13 heavy (non-hydrogen) atoms. The summed E-state index contributed by atoms with van der Waals surface area (Å²) in [6, 6.07) is 1.91. The van der Waals surface area contributed by atoms with E-state index in [-0.39, 0.29) is 5.95 Å². The van der Waals surface area contributed by atoms with E-state index in [2.05, 4.69) is 15.1 Å². The van der Waals surface area contributed by atoms with E-state index in [1.807, 2.05) is 19.2 Å². The van der Waals surface area contributed by atoms with Crippen LogP contribution in [0.2, 0.25) is 0 Å². The van der Waals surface area contributed by atoms with Gasteiger partial charge < -0.3 is 5.73 Å². The molecule has 5 nitrogen and oxygen atoms in total. The van der Waals surface area contributed by atoms with Crippen LogP contribution in [0.1, 0.15) is 5.69 Å². The highest BCUT2D eigenvalue weighted by Crippen LogP contribution is 2.04. The van der Waals surface area contributed by atoms with Crippen molar-refractivity contribution in [1.82, 2.24) is 19.7 Å². The van der Waals surface area contributed by atoms with Gasteiger partial charge in [0.25, 0.3) is 0 Å². The lowest BCUT2D eigenvalue weighted by atomic mass is 10.5. The van der Waals surface area contributed by atoms with Crippen LogP contribution in [-0.2, 0) is 0 Å². The predicted octanol–water partition coefficient (Wildman–Crippen LogP) is 0.553. The Hall–Kier alpha value is -1.91. The van der Waals surface area contributed by atoms with Gasteiger partial charge in [0.2, 0.25) is 5.95 Å². The van der Waals surface area contributed by atoms with Gasteiger partial charge in [-0.3, -0.25) is 0 Å². The molecule has 0 fully saturated rings. The van der Waals surface area contributed by atoms with Gasteiger partial charge >= 0.3 is 0 Å². The fourth-order valence-electron chi connectivity index (χ4n) is 1.01. The van der Waals surface area contributed by atoms with E-state index in [1.54, 1.807) is 17.1 Å². The van der Waals surface area contributed by atoms with Crippen molar-refractivity contribution in [2.75, 3.05) is 5.73 Å². The maximum atomic E-state index is 5.36. The zero-order chi connectivity index (χ0) is 9.26.